The zero-order valence-electron chi connectivity index (χ0n) is 15.8. The number of carboxylic acids is 1. The number of rotatable bonds is 8. The summed E-state index contributed by atoms with van der Waals surface area (Å²) in [5.74, 6) is -0.142. The van der Waals surface area contributed by atoms with Gasteiger partial charge in [0.1, 0.15) is 18.0 Å². The minimum atomic E-state index is -0.948. The second-order valence-electron chi connectivity index (χ2n) is 6.75. The van der Waals surface area contributed by atoms with Crippen molar-refractivity contribution in [1.82, 2.24) is 19.7 Å². The van der Waals surface area contributed by atoms with E-state index in [0.29, 0.717) is 12.3 Å². The average Bonchev–Trinajstić information content (AvgIpc) is 2.96. The molecule has 0 fully saturated rings. The number of pyridine rings is 1. The molecule has 0 bridgehead atoms. The molecular formula is C20H24N4O3. The first-order valence-corrected chi connectivity index (χ1v) is 8.88. The summed E-state index contributed by atoms with van der Waals surface area (Å²) in [5, 5.41) is 14.5. The summed E-state index contributed by atoms with van der Waals surface area (Å²) in [6.07, 6.45) is 0.962. The van der Waals surface area contributed by atoms with E-state index in [0.717, 1.165) is 41.1 Å². The number of aryl methyl sites for hydroxylation is 1. The van der Waals surface area contributed by atoms with Crippen LogP contribution in [0.4, 0.5) is 0 Å². The number of ether oxygens (including phenoxy) is 1. The molecule has 0 amide bonds. The van der Waals surface area contributed by atoms with Crippen molar-refractivity contribution < 1.29 is 14.6 Å². The Balaban J connectivity index is 1.83. The summed E-state index contributed by atoms with van der Waals surface area (Å²) in [5.41, 5.74) is 3.02. The molecule has 3 rings (SSSR count). The van der Waals surface area contributed by atoms with Gasteiger partial charge < -0.3 is 14.7 Å². The Kier molecular flexibility index (Phi) is 5.71. The molecule has 0 saturated heterocycles. The number of fused-ring (bicyclic) bond motifs is 1. The molecule has 0 atom stereocenters. The smallest absolute Gasteiger partial charge is 0.325 e. The SMILES string of the molecule is Cc1ccc2c(-c3ccc(OCCCN(C)C)cc3)nn(CC(=O)O)c2n1. The maximum Gasteiger partial charge on any atom is 0.325 e. The van der Waals surface area contributed by atoms with Crippen molar-refractivity contribution in [3.05, 3.63) is 42.1 Å². The van der Waals surface area contributed by atoms with Crippen molar-refractivity contribution in [3.63, 3.8) is 0 Å². The number of hydrogen-bond acceptors (Lipinski definition) is 5. The van der Waals surface area contributed by atoms with Gasteiger partial charge in [-0.15, -0.1) is 0 Å². The highest BCUT2D eigenvalue weighted by molar-refractivity contribution is 5.91. The summed E-state index contributed by atoms with van der Waals surface area (Å²) in [7, 11) is 4.08. The van der Waals surface area contributed by atoms with Gasteiger partial charge in [-0.25, -0.2) is 9.67 Å². The largest absolute Gasteiger partial charge is 0.494 e. The summed E-state index contributed by atoms with van der Waals surface area (Å²) in [6, 6.07) is 11.5. The predicted molar refractivity (Wildman–Crippen MR) is 104 cm³/mol. The summed E-state index contributed by atoms with van der Waals surface area (Å²) < 4.78 is 7.20. The van der Waals surface area contributed by atoms with E-state index in [-0.39, 0.29) is 6.54 Å². The molecule has 0 aliphatic heterocycles. The normalized spacial score (nSPS) is 11.3. The Labute approximate surface area is 158 Å². The van der Waals surface area contributed by atoms with E-state index in [1.807, 2.05) is 57.4 Å². The van der Waals surface area contributed by atoms with Crippen molar-refractivity contribution in [2.45, 2.75) is 19.9 Å². The molecule has 0 radical (unpaired) electrons. The molecule has 0 spiro atoms. The van der Waals surface area contributed by atoms with E-state index < -0.39 is 5.97 Å². The molecule has 0 aliphatic rings. The lowest BCUT2D eigenvalue weighted by Crippen LogP contribution is -2.15. The van der Waals surface area contributed by atoms with E-state index in [9.17, 15) is 4.79 Å². The van der Waals surface area contributed by atoms with Crippen LogP contribution in [-0.2, 0) is 11.3 Å². The van der Waals surface area contributed by atoms with Crippen LogP contribution in [0.1, 0.15) is 12.1 Å². The highest BCUT2D eigenvalue weighted by atomic mass is 16.5. The molecule has 142 valence electrons. The Morgan fingerprint density at radius 2 is 1.93 bits per heavy atom. The van der Waals surface area contributed by atoms with Gasteiger partial charge in [0.05, 0.1) is 6.61 Å². The van der Waals surface area contributed by atoms with Gasteiger partial charge in [-0.3, -0.25) is 4.79 Å². The van der Waals surface area contributed by atoms with Gasteiger partial charge in [-0.1, -0.05) is 0 Å². The van der Waals surface area contributed by atoms with Crippen LogP contribution in [0, 0.1) is 6.92 Å². The van der Waals surface area contributed by atoms with Crippen LogP contribution < -0.4 is 4.74 Å². The van der Waals surface area contributed by atoms with Crippen molar-refractivity contribution in [2.24, 2.45) is 0 Å². The average molecular weight is 368 g/mol. The highest BCUT2D eigenvalue weighted by Gasteiger charge is 2.15. The first kappa shape index (κ1) is 18.8. The first-order valence-electron chi connectivity index (χ1n) is 8.88. The number of nitrogens with zero attached hydrogens (tertiary/aromatic N) is 4. The molecule has 2 aromatic heterocycles. The third-order valence-electron chi connectivity index (χ3n) is 4.17. The van der Waals surface area contributed by atoms with Crippen LogP contribution in [0.3, 0.4) is 0 Å². The number of aliphatic carboxylic acids is 1. The van der Waals surface area contributed by atoms with Gasteiger partial charge >= 0.3 is 5.97 Å². The van der Waals surface area contributed by atoms with Crippen molar-refractivity contribution in [1.29, 1.82) is 0 Å². The second-order valence-corrected chi connectivity index (χ2v) is 6.75. The molecule has 7 nitrogen and oxygen atoms in total. The summed E-state index contributed by atoms with van der Waals surface area (Å²) in [4.78, 5) is 17.7. The lowest BCUT2D eigenvalue weighted by molar-refractivity contribution is -0.137. The molecule has 0 saturated carbocycles. The van der Waals surface area contributed by atoms with Gasteiger partial charge in [-0.05, 0) is 63.8 Å². The van der Waals surface area contributed by atoms with E-state index in [4.69, 9.17) is 9.84 Å². The number of hydrogen-bond donors (Lipinski definition) is 1. The fraction of sp³-hybridized carbons (Fsp3) is 0.350. The van der Waals surface area contributed by atoms with Gasteiger partial charge in [0.25, 0.3) is 0 Å². The Morgan fingerprint density at radius 3 is 2.59 bits per heavy atom. The second kappa shape index (κ2) is 8.18. The minimum absolute atomic E-state index is 0.222. The van der Waals surface area contributed by atoms with Crippen LogP contribution >= 0.6 is 0 Å². The van der Waals surface area contributed by atoms with Crippen molar-refractivity contribution in [3.8, 4) is 17.0 Å². The van der Waals surface area contributed by atoms with Crippen LogP contribution in [-0.4, -0.2) is 58.0 Å². The maximum absolute atomic E-state index is 11.1. The highest BCUT2D eigenvalue weighted by Crippen LogP contribution is 2.28. The van der Waals surface area contributed by atoms with E-state index >= 15 is 0 Å². The van der Waals surface area contributed by atoms with Gasteiger partial charge in [0, 0.05) is 23.2 Å². The van der Waals surface area contributed by atoms with E-state index in [1.54, 1.807) is 0 Å². The van der Waals surface area contributed by atoms with Gasteiger partial charge in [0.15, 0.2) is 5.65 Å². The Bertz CT molecular complexity index is 932. The molecule has 1 N–H and O–H groups in total. The number of carbonyl (C=O) groups is 1. The lowest BCUT2D eigenvalue weighted by Gasteiger charge is -2.10. The van der Waals surface area contributed by atoms with Crippen LogP contribution in [0.25, 0.3) is 22.3 Å². The fourth-order valence-corrected chi connectivity index (χ4v) is 2.88. The third-order valence-corrected chi connectivity index (χ3v) is 4.17. The minimum Gasteiger partial charge on any atom is -0.494 e. The molecule has 0 unspecified atom stereocenters. The quantitative estimate of drug-likeness (QED) is 0.616. The standard InChI is InChI=1S/C20H24N4O3/c1-14-5-10-17-19(22-24(13-18(25)26)20(17)21-14)15-6-8-16(9-7-15)27-12-4-11-23(2)3/h5-10H,4,11-13H2,1-3H3,(H,25,26). The first-order chi connectivity index (χ1) is 12.9. The molecule has 3 aromatic rings. The van der Waals surface area contributed by atoms with Crippen LogP contribution in [0.15, 0.2) is 36.4 Å². The summed E-state index contributed by atoms with van der Waals surface area (Å²) >= 11 is 0. The maximum atomic E-state index is 11.1. The molecule has 2 heterocycles. The van der Waals surface area contributed by atoms with E-state index in [1.165, 1.54) is 4.68 Å². The molecule has 27 heavy (non-hydrogen) atoms. The number of carboxylic acid groups (broad SMARTS) is 1. The summed E-state index contributed by atoms with van der Waals surface area (Å²) in [6.45, 7) is 3.30. The molecule has 7 heteroatoms. The van der Waals surface area contributed by atoms with Crippen LogP contribution in [0.2, 0.25) is 0 Å². The Hall–Kier alpha value is -2.93. The number of benzene rings is 1. The molecule has 1 aromatic carbocycles. The monoisotopic (exact) mass is 368 g/mol. The van der Waals surface area contributed by atoms with E-state index in [2.05, 4.69) is 15.0 Å². The lowest BCUT2D eigenvalue weighted by atomic mass is 10.1. The van der Waals surface area contributed by atoms with Crippen LogP contribution in [0.5, 0.6) is 5.75 Å². The fourth-order valence-electron chi connectivity index (χ4n) is 2.88. The molecular weight excluding hydrogens is 344 g/mol. The predicted octanol–water partition coefficient (Wildman–Crippen LogP) is 2.82. The Morgan fingerprint density at radius 1 is 1.19 bits per heavy atom. The van der Waals surface area contributed by atoms with Crippen molar-refractivity contribution >= 4 is 17.0 Å². The number of aromatic nitrogens is 3. The van der Waals surface area contributed by atoms with Crippen molar-refractivity contribution in [2.75, 3.05) is 27.2 Å². The molecule has 0 aliphatic carbocycles. The van der Waals surface area contributed by atoms with Gasteiger partial charge in [-0.2, -0.15) is 5.10 Å². The third kappa shape index (κ3) is 4.62. The van der Waals surface area contributed by atoms with Gasteiger partial charge in [0.2, 0.25) is 0 Å². The zero-order chi connectivity index (χ0) is 19.4. The topological polar surface area (TPSA) is 80.5 Å². The zero-order valence-corrected chi connectivity index (χ0v) is 15.8.